The Morgan fingerprint density at radius 2 is 2.06 bits per heavy atom. The van der Waals surface area contributed by atoms with E-state index in [9.17, 15) is 5.11 Å². The van der Waals surface area contributed by atoms with Gasteiger partial charge < -0.3 is 5.11 Å². The minimum Gasteiger partial charge on any atom is -0.392 e. The van der Waals surface area contributed by atoms with Crippen molar-refractivity contribution >= 4 is 0 Å². The summed E-state index contributed by atoms with van der Waals surface area (Å²) in [6.45, 7) is 5.08. The first-order chi connectivity index (χ1) is 7.79. The monoisotopic (exact) mass is 219 g/mol. The van der Waals surface area contributed by atoms with Crippen LogP contribution in [0.15, 0.2) is 30.3 Å². The van der Waals surface area contributed by atoms with Crippen molar-refractivity contribution < 1.29 is 5.11 Å². The first kappa shape index (κ1) is 11.6. The topological polar surface area (TPSA) is 23.5 Å². The maximum absolute atomic E-state index is 9.98. The van der Waals surface area contributed by atoms with Gasteiger partial charge in [0.15, 0.2) is 0 Å². The van der Waals surface area contributed by atoms with Crippen LogP contribution in [-0.2, 0) is 6.54 Å². The van der Waals surface area contributed by atoms with Gasteiger partial charge in [-0.25, -0.2) is 0 Å². The number of aliphatic hydroxyl groups excluding tert-OH is 1. The number of rotatable bonds is 3. The summed E-state index contributed by atoms with van der Waals surface area (Å²) in [5, 5.41) is 9.98. The van der Waals surface area contributed by atoms with Crippen LogP contribution >= 0.6 is 0 Å². The Morgan fingerprint density at radius 3 is 2.69 bits per heavy atom. The molecule has 1 saturated heterocycles. The van der Waals surface area contributed by atoms with Gasteiger partial charge in [0, 0.05) is 13.1 Å². The molecule has 16 heavy (non-hydrogen) atoms. The van der Waals surface area contributed by atoms with E-state index in [2.05, 4.69) is 36.1 Å². The normalized spacial score (nSPS) is 26.9. The summed E-state index contributed by atoms with van der Waals surface area (Å²) < 4.78 is 0. The zero-order chi connectivity index (χ0) is 11.4. The van der Waals surface area contributed by atoms with Crippen molar-refractivity contribution in [1.82, 2.24) is 4.90 Å². The second-order valence-electron chi connectivity index (χ2n) is 4.75. The molecule has 0 bridgehead atoms. The van der Waals surface area contributed by atoms with Crippen LogP contribution in [0.5, 0.6) is 0 Å². The third-order valence-corrected chi connectivity index (χ3v) is 3.58. The van der Waals surface area contributed by atoms with Gasteiger partial charge in [0.1, 0.15) is 0 Å². The average molecular weight is 219 g/mol. The van der Waals surface area contributed by atoms with Crippen LogP contribution in [0.1, 0.15) is 25.3 Å². The molecule has 2 unspecified atom stereocenters. The lowest BCUT2D eigenvalue weighted by Gasteiger charge is -2.35. The minimum absolute atomic E-state index is 0.137. The number of β-amino-alcohol motifs (C(OH)–C–C–N with tert-alkyl or cyclic N) is 1. The lowest BCUT2D eigenvalue weighted by molar-refractivity contribution is 0.0172. The standard InChI is InChI=1S/C14H21NO/c1-2-13-8-9-15(11-14(13)16)10-12-6-4-3-5-7-12/h3-7,13-14,16H,2,8-11H2,1H3. The molecular weight excluding hydrogens is 198 g/mol. The van der Waals surface area contributed by atoms with E-state index in [4.69, 9.17) is 0 Å². The van der Waals surface area contributed by atoms with Crippen molar-refractivity contribution in [1.29, 1.82) is 0 Å². The number of aliphatic hydroxyl groups is 1. The van der Waals surface area contributed by atoms with Gasteiger partial charge in [-0.2, -0.15) is 0 Å². The number of hydrogen-bond donors (Lipinski definition) is 1. The molecule has 1 N–H and O–H groups in total. The zero-order valence-corrected chi connectivity index (χ0v) is 9.97. The predicted octanol–water partition coefficient (Wildman–Crippen LogP) is 2.28. The van der Waals surface area contributed by atoms with Crippen molar-refractivity contribution in [2.24, 2.45) is 5.92 Å². The Bertz CT molecular complexity index is 312. The molecule has 0 aromatic heterocycles. The quantitative estimate of drug-likeness (QED) is 0.843. The summed E-state index contributed by atoms with van der Waals surface area (Å²) in [6.07, 6.45) is 2.09. The third-order valence-electron chi connectivity index (χ3n) is 3.58. The van der Waals surface area contributed by atoms with Crippen molar-refractivity contribution in [2.45, 2.75) is 32.4 Å². The molecule has 1 aliphatic heterocycles. The van der Waals surface area contributed by atoms with Crippen molar-refractivity contribution in [3.8, 4) is 0 Å². The maximum atomic E-state index is 9.98. The van der Waals surface area contributed by atoms with Crippen molar-refractivity contribution in [3.63, 3.8) is 0 Å². The van der Waals surface area contributed by atoms with Gasteiger partial charge >= 0.3 is 0 Å². The van der Waals surface area contributed by atoms with Crippen LogP contribution in [-0.4, -0.2) is 29.2 Å². The van der Waals surface area contributed by atoms with E-state index in [1.807, 2.05) is 6.07 Å². The highest BCUT2D eigenvalue weighted by atomic mass is 16.3. The zero-order valence-electron chi connectivity index (χ0n) is 9.97. The van der Waals surface area contributed by atoms with Crippen molar-refractivity contribution in [2.75, 3.05) is 13.1 Å². The summed E-state index contributed by atoms with van der Waals surface area (Å²) >= 11 is 0. The molecule has 0 amide bonds. The molecule has 1 fully saturated rings. The fourth-order valence-corrected chi connectivity index (χ4v) is 2.51. The first-order valence-corrected chi connectivity index (χ1v) is 6.24. The largest absolute Gasteiger partial charge is 0.392 e. The predicted molar refractivity (Wildman–Crippen MR) is 66.1 cm³/mol. The summed E-state index contributed by atoms with van der Waals surface area (Å²) in [4.78, 5) is 2.35. The Balaban J connectivity index is 1.89. The van der Waals surface area contributed by atoms with E-state index in [1.54, 1.807) is 0 Å². The van der Waals surface area contributed by atoms with E-state index in [1.165, 1.54) is 5.56 Å². The molecule has 0 spiro atoms. The van der Waals surface area contributed by atoms with Crippen LogP contribution < -0.4 is 0 Å². The Kier molecular flexibility index (Phi) is 3.97. The lowest BCUT2D eigenvalue weighted by atomic mass is 9.91. The van der Waals surface area contributed by atoms with E-state index < -0.39 is 0 Å². The molecule has 0 saturated carbocycles. The molecule has 1 aromatic rings. The van der Waals surface area contributed by atoms with E-state index in [-0.39, 0.29) is 6.10 Å². The molecule has 0 radical (unpaired) electrons. The second kappa shape index (κ2) is 5.46. The smallest absolute Gasteiger partial charge is 0.0695 e. The molecule has 2 atom stereocenters. The van der Waals surface area contributed by atoms with E-state index in [0.717, 1.165) is 32.5 Å². The second-order valence-corrected chi connectivity index (χ2v) is 4.75. The van der Waals surface area contributed by atoms with E-state index >= 15 is 0 Å². The molecular formula is C14H21NO. The lowest BCUT2D eigenvalue weighted by Crippen LogP contribution is -2.43. The van der Waals surface area contributed by atoms with Crippen LogP contribution in [0.25, 0.3) is 0 Å². The van der Waals surface area contributed by atoms with Gasteiger partial charge in [0.05, 0.1) is 6.10 Å². The van der Waals surface area contributed by atoms with Gasteiger partial charge in [-0.15, -0.1) is 0 Å². The first-order valence-electron chi connectivity index (χ1n) is 6.24. The van der Waals surface area contributed by atoms with Gasteiger partial charge in [0.25, 0.3) is 0 Å². The number of likely N-dealkylation sites (tertiary alicyclic amines) is 1. The highest BCUT2D eigenvalue weighted by molar-refractivity contribution is 5.14. The average Bonchev–Trinajstić information content (AvgIpc) is 2.31. The van der Waals surface area contributed by atoms with Crippen molar-refractivity contribution in [3.05, 3.63) is 35.9 Å². The fraction of sp³-hybridized carbons (Fsp3) is 0.571. The summed E-state index contributed by atoms with van der Waals surface area (Å²) in [5.74, 6) is 0.507. The maximum Gasteiger partial charge on any atom is 0.0695 e. The molecule has 2 rings (SSSR count). The molecule has 1 aliphatic rings. The summed E-state index contributed by atoms with van der Waals surface area (Å²) in [5.41, 5.74) is 1.34. The van der Waals surface area contributed by atoms with E-state index in [0.29, 0.717) is 5.92 Å². The summed E-state index contributed by atoms with van der Waals surface area (Å²) in [6, 6.07) is 10.5. The van der Waals surface area contributed by atoms with Crippen LogP contribution in [0.3, 0.4) is 0 Å². The highest BCUT2D eigenvalue weighted by Crippen LogP contribution is 2.21. The minimum atomic E-state index is -0.137. The molecule has 2 heteroatoms. The number of piperidine rings is 1. The Morgan fingerprint density at radius 1 is 1.31 bits per heavy atom. The van der Waals surface area contributed by atoms with Gasteiger partial charge in [0.2, 0.25) is 0 Å². The van der Waals surface area contributed by atoms with Gasteiger partial charge in [-0.05, 0) is 24.4 Å². The summed E-state index contributed by atoms with van der Waals surface area (Å²) in [7, 11) is 0. The highest BCUT2D eigenvalue weighted by Gasteiger charge is 2.25. The fourth-order valence-electron chi connectivity index (χ4n) is 2.51. The van der Waals surface area contributed by atoms with Crippen LogP contribution in [0, 0.1) is 5.92 Å². The van der Waals surface area contributed by atoms with Crippen LogP contribution in [0.4, 0.5) is 0 Å². The molecule has 88 valence electrons. The van der Waals surface area contributed by atoms with Gasteiger partial charge in [-0.3, -0.25) is 4.90 Å². The van der Waals surface area contributed by atoms with Gasteiger partial charge in [-0.1, -0.05) is 43.7 Å². The third kappa shape index (κ3) is 2.83. The van der Waals surface area contributed by atoms with Crippen LogP contribution in [0.2, 0.25) is 0 Å². The molecule has 0 aliphatic carbocycles. The molecule has 2 nitrogen and oxygen atoms in total. The molecule has 1 heterocycles. The Labute approximate surface area is 97.9 Å². The number of nitrogens with zero attached hydrogens (tertiary/aromatic N) is 1. The number of hydrogen-bond acceptors (Lipinski definition) is 2. The SMILES string of the molecule is CCC1CCN(Cc2ccccc2)CC1O. The number of benzene rings is 1. The molecule has 1 aromatic carbocycles. The Hall–Kier alpha value is -0.860.